The van der Waals surface area contributed by atoms with Crippen molar-refractivity contribution in [2.75, 3.05) is 19.2 Å². The molecule has 1 amide bonds. The highest BCUT2D eigenvalue weighted by Gasteiger charge is 2.50. The van der Waals surface area contributed by atoms with Crippen LogP contribution in [0.1, 0.15) is 29.8 Å². The smallest absolute Gasteiger partial charge is 0.360 e. The zero-order valence-electron chi connectivity index (χ0n) is 20.6. The van der Waals surface area contributed by atoms with Gasteiger partial charge in [0.15, 0.2) is 11.5 Å². The molecule has 3 heterocycles. The maximum Gasteiger partial charge on any atom is 0.360 e. The Hall–Kier alpha value is -3.64. The standard InChI is InChI=1S/C26H27NO10/c1-12-16(35-25-20(29)19(28)22(32-4)26(2,3)37-25)7-5-13-9-15(24(31)36-21(12)13)27-23(30)14-6-8-17-18(10-14)34-11-33-17/h5-10,19-20,22,25,28-29H,11H2,1-4H3,(H,27,30). The molecule has 196 valence electrons. The van der Waals surface area contributed by atoms with E-state index in [0.717, 1.165) is 0 Å². The Labute approximate surface area is 211 Å². The van der Waals surface area contributed by atoms with Crippen LogP contribution in [0.3, 0.4) is 0 Å². The average Bonchev–Trinajstić information content (AvgIpc) is 3.33. The van der Waals surface area contributed by atoms with Gasteiger partial charge in [-0.1, -0.05) is 0 Å². The number of rotatable bonds is 5. The first-order valence-corrected chi connectivity index (χ1v) is 11.6. The van der Waals surface area contributed by atoms with Crippen LogP contribution in [0.2, 0.25) is 0 Å². The van der Waals surface area contributed by atoms with E-state index in [2.05, 4.69) is 5.32 Å². The molecular weight excluding hydrogens is 486 g/mol. The van der Waals surface area contributed by atoms with E-state index in [1.54, 1.807) is 45.0 Å². The van der Waals surface area contributed by atoms with Gasteiger partial charge in [-0.15, -0.1) is 0 Å². The number of aliphatic hydroxyl groups excluding tert-OH is 2. The summed E-state index contributed by atoms with van der Waals surface area (Å²) in [6.07, 6.45) is -4.58. The highest BCUT2D eigenvalue weighted by atomic mass is 16.7. The zero-order valence-corrected chi connectivity index (χ0v) is 20.6. The molecule has 2 aliphatic heterocycles. The van der Waals surface area contributed by atoms with Crippen molar-refractivity contribution in [3.05, 3.63) is 57.9 Å². The van der Waals surface area contributed by atoms with Crippen molar-refractivity contribution in [1.29, 1.82) is 0 Å². The van der Waals surface area contributed by atoms with Gasteiger partial charge in [0.2, 0.25) is 13.1 Å². The normalized spacial score (nSPS) is 24.2. The van der Waals surface area contributed by atoms with Gasteiger partial charge in [0, 0.05) is 23.6 Å². The summed E-state index contributed by atoms with van der Waals surface area (Å²) in [5.41, 5.74) is -0.736. The number of hydrogen-bond donors (Lipinski definition) is 3. The fourth-order valence-corrected chi connectivity index (χ4v) is 4.58. The molecule has 5 rings (SSSR count). The Morgan fingerprint density at radius 2 is 1.84 bits per heavy atom. The zero-order chi connectivity index (χ0) is 26.5. The first-order chi connectivity index (χ1) is 17.6. The Bertz CT molecular complexity index is 1410. The highest BCUT2D eigenvalue weighted by molar-refractivity contribution is 6.05. The molecule has 1 aromatic heterocycles. The minimum Gasteiger partial charge on any atom is -0.462 e. The van der Waals surface area contributed by atoms with Gasteiger partial charge >= 0.3 is 5.63 Å². The SMILES string of the molecule is COC1C(O)C(O)C(Oc2ccc3cc(NC(=O)c4ccc5c(c4)OCO5)c(=O)oc3c2C)OC1(C)C. The van der Waals surface area contributed by atoms with E-state index in [1.807, 2.05) is 0 Å². The predicted molar refractivity (Wildman–Crippen MR) is 130 cm³/mol. The van der Waals surface area contributed by atoms with Crippen molar-refractivity contribution in [1.82, 2.24) is 0 Å². The Morgan fingerprint density at radius 3 is 2.59 bits per heavy atom. The first-order valence-electron chi connectivity index (χ1n) is 11.6. The summed E-state index contributed by atoms with van der Waals surface area (Å²) in [6, 6.07) is 9.49. The second kappa shape index (κ2) is 9.34. The lowest BCUT2D eigenvalue weighted by atomic mass is 9.89. The number of aryl methyl sites for hydroxylation is 1. The van der Waals surface area contributed by atoms with Crippen molar-refractivity contribution >= 4 is 22.6 Å². The van der Waals surface area contributed by atoms with Gasteiger partial charge in [-0.2, -0.15) is 0 Å². The quantitative estimate of drug-likeness (QED) is 0.435. The van der Waals surface area contributed by atoms with Crippen molar-refractivity contribution in [3.8, 4) is 17.2 Å². The van der Waals surface area contributed by atoms with Crippen LogP contribution < -0.4 is 25.2 Å². The van der Waals surface area contributed by atoms with Crippen LogP contribution in [0.15, 0.2) is 45.6 Å². The van der Waals surface area contributed by atoms with E-state index in [0.29, 0.717) is 22.4 Å². The van der Waals surface area contributed by atoms with Gasteiger partial charge in [-0.3, -0.25) is 4.79 Å². The van der Waals surface area contributed by atoms with E-state index < -0.39 is 41.7 Å². The number of methoxy groups -OCH3 is 1. The fourth-order valence-electron chi connectivity index (χ4n) is 4.58. The molecule has 0 aliphatic carbocycles. The van der Waals surface area contributed by atoms with E-state index in [1.165, 1.54) is 19.2 Å². The number of anilines is 1. The molecule has 4 unspecified atom stereocenters. The molecule has 4 atom stereocenters. The van der Waals surface area contributed by atoms with Crippen LogP contribution in [-0.2, 0) is 9.47 Å². The average molecular weight is 513 g/mol. The van der Waals surface area contributed by atoms with Gasteiger partial charge in [-0.05, 0) is 57.2 Å². The summed E-state index contributed by atoms with van der Waals surface area (Å²) >= 11 is 0. The number of benzene rings is 2. The van der Waals surface area contributed by atoms with E-state index in [9.17, 15) is 19.8 Å². The molecule has 0 saturated carbocycles. The monoisotopic (exact) mass is 513 g/mol. The Kier molecular flexibility index (Phi) is 6.32. The largest absolute Gasteiger partial charge is 0.462 e. The molecule has 37 heavy (non-hydrogen) atoms. The van der Waals surface area contributed by atoms with Crippen LogP contribution in [-0.4, -0.2) is 60.2 Å². The maximum atomic E-state index is 12.7. The maximum absolute atomic E-state index is 12.7. The molecule has 0 radical (unpaired) electrons. The molecule has 1 fully saturated rings. The minimum absolute atomic E-state index is 0.0373. The third-order valence-corrected chi connectivity index (χ3v) is 6.53. The number of ether oxygens (including phenoxy) is 5. The second-order valence-electron chi connectivity index (χ2n) is 9.42. The number of carbonyl (C=O) groups excluding carboxylic acids is 1. The van der Waals surface area contributed by atoms with Crippen LogP contribution in [0.5, 0.6) is 17.2 Å². The number of aliphatic hydroxyl groups is 2. The predicted octanol–water partition coefficient (Wildman–Crippen LogP) is 2.33. The van der Waals surface area contributed by atoms with Gasteiger partial charge in [-0.25, -0.2) is 4.79 Å². The molecule has 11 heteroatoms. The lowest BCUT2D eigenvalue weighted by Crippen LogP contribution is -2.63. The van der Waals surface area contributed by atoms with Crippen molar-refractivity contribution in [3.63, 3.8) is 0 Å². The molecule has 2 aromatic carbocycles. The van der Waals surface area contributed by atoms with Gasteiger partial charge in [0.25, 0.3) is 5.91 Å². The third kappa shape index (κ3) is 4.51. The topological polar surface area (TPSA) is 146 Å². The fraction of sp³-hybridized carbons (Fsp3) is 0.385. The molecule has 11 nitrogen and oxygen atoms in total. The number of hydrogen-bond acceptors (Lipinski definition) is 10. The van der Waals surface area contributed by atoms with Gasteiger partial charge in [0.1, 0.15) is 35.3 Å². The lowest BCUT2D eigenvalue weighted by Gasteiger charge is -2.46. The molecule has 3 aromatic rings. The molecule has 0 spiro atoms. The van der Waals surface area contributed by atoms with Crippen LogP contribution in [0.25, 0.3) is 11.0 Å². The number of amides is 1. The number of nitrogens with one attached hydrogen (secondary N) is 1. The highest BCUT2D eigenvalue weighted by Crippen LogP contribution is 2.35. The Balaban J connectivity index is 1.38. The number of fused-ring (bicyclic) bond motifs is 2. The third-order valence-electron chi connectivity index (χ3n) is 6.53. The van der Waals surface area contributed by atoms with Crippen molar-refractivity contribution in [2.24, 2.45) is 0 Å². The summed E-state index contributed by atoms with van der Waals surface area (Å²) < 4.78 is 33.1. The molecule has 3 N–H and O–H groups in total. The van der Waals surface area contributed by atoms with Crippen molar-refractivity contribution in [2.45, 2.75) is 51.0 Å². The van der Waals surface area contributed by atoms with Crippen molar-refractivity contribution < 1.29 is 43.1 Å². The summed E-state index contributed by atoms with van der Waals surface area (Å²) in [5, 5.41) is 24.1. The van der Waals surface area contributed by atoms with E-state index >= 15 is 0 Å². The summed E-state index contributed by atoms with van der Waals surface area (Å²) in [5.74, 6) is 0.761. The van der Waals surface area contributed by atoms with Gasteiger partial charge < -0.3 is 43.6 Å². The molecular formula is C26H27NO10. The summed E-state index contributed by atoms with van der Waals surface area (Å²) in [6.45, 7) is 5.20. The van der Waals surface area contributed by atoms with Crippen LogP contribution in [0, 0.1) is 6.92 Å². The molecule has 0 bridgehead atoms. The first kappa shape index (κ1) is 25.0. The van der Waals surface area contributed by atoms with Crippen LogP contribution in [0.4, 0.5) is 5.69 Å². The minimum atomic E-state index is -1.38. The second-order valence-corrected chi connectivity index (χ2v) is 9.42. The van der Waals surface area contributed by atoms with Gasteiger partial charge in [0.05, 0.1) is 5.60 Å². The Morgan fingerprint density at radius 1 is 1.08 bits per heavy atom. The number of carbonyl (C=O) groups is 1. The van der Waals surface area contributed by atoms with Crippen LogP contribution >= 0.6 is 0 Å². The lowest BCUT2D eigenvalue weighted by molar-refractivity contribution is -0.306. The van der Waals surface area contributed by atoms with E-state index in [-0.39, 0.29) is 29.4 Å². The molecule has 2 aliphatic rings. The summed E-state index contributed by atoms with van der Waals surface area (Å²) in [7, 11) is 1.42. The van der Waals surface area contributed by atoms with E-state index in [4.69, 9.17) is 28.1 Å². The molecule has 1 saturated heterocycles. The summed E-state index contributed by atoms with van der Waals surface area (Å²) in [4.78, 5) is 25.4.